The van der Waals surface area contributed by atoms with Gasteiger partial charge < -0.3 is 20.1 Å². The standard InChI is InChI=1S/C57H110NO7P/c1-3-5-7-9-11-13-15-17-19-21-23-25-27-29-31-33-35-37-39-41-43-45-47-49-52-62-54-56(55-64-66(60,61)63-53-51-58)65-57(59)50-48-46-44-42-40-38-36-34-32-30-28-26-24-22-20-18-16-14-12-10-8-6-4-2/h15,17,21,23,27,29,56H,3-14,16,18-20,22,24-26,28,30-55,58H2,1-2H3,(H,60,61)/b17-15-,23-21-,29-27-. The molecule has 0 heterocycles. The van der Waals surface area contributed by atoms with Crippen molar-refractivity contribution in [3.05, 3.63) is 36.5 Å². The van der Waals surface area contributed by atoms with Gasteiger partial charge in [0, 0.05) is 19.6 Å². The van der Waals surface area contributed by atoms with Gasteiger partial charge >= 0.3 is 13.8 Å². The first-order chi connectivity index (χ1) is 32.4. The topological polar surface area (TPSA) is 117 Å². The Hall–Kier alpha value is -1.28. The maximum absolute atomic E-state index is 12.7. The normalized spacial score (nSPS) is 13.5. The predicted octanol–water partition coefficient (Wildman–Crippen LogP) is 18.1. The molecule has 0 aliphatic carbocycles. The fraction of sp³-hybridized carbons (Fsp3) is 0.877. The number of carbonyl (C=O) groups is 1. The first-order valence-electron chi connectivity index (χ1n) is 28.5. The van der Waals surface area contributed by atoms with Gasteiger partial charge in [0.2, 0.25) is 0 Å². The van der Waals surface area contributed by atoms with Crippen LogP contribution >= 0.6 is 7.82 Å². The highest BCUT2D eigenvalue weighted by molar-refractivity contribution is 7.47. The molecule has 0 aromatic carbocycles. The van der Waals surface area contributed by atoms with Gasteiger partial charge in [-0.05, 0) is 51.4 Å². The van der Waals surface area contributed by atoms with Crippen LogP contribution in [-0.2, 0) is 27.9 Å². The van der Waals surface area contributed by atoms with E-state index >= 15 is 0 Å². The summed E-state index contributed by atoms with van der Waals surface area (Å²) in [7, 11) is -4.29. The van der Waals surface area contributed by atoms with Crippen LogP contribution in [0.25, 0.3) is 0 Å². The Morgan fingerprint density at radius 1 is 0.455 bits per heavy atom. The van der Waals surface area contributed by atoms with Crippen molar-refractivity contribution < 1.29 is 32.8 Å². The summed E-state index contributed by atoms with van der Waals surface area (Å²) in [6.07, 6.45) is 66.2. The lowest BCUT2D eigenvalue weighted by Gasteiger charge is -2.20. The van der Waals surface area contributed by atoms with E-state index in [1.807, 2.05) is 0 Å². The number of hydrogen-bond acceptors (Lipinski definition) is 7. The number of phosphoric acid groups is 1. The maximum atomic E-state index is 12.7. The fourth-order valence-corrected chi connectivity index (χ4v) is 9.13. The monoisotopic (exact) mass is 952 g/mol. The van der Waals surface area contributed by atoms with E-state index in [-0.39, 0.29) is 32.3 Å². The molecular formula is C57H110NO7P. The summed E-state index contributed by atoms with van der Waals surface area (Å²) in [5, 5.41) is 0. The number of ether oxygens (including phenoxy) is 2. The lowest BCUT2D eigenvalue weighted by atomic mass is 10.0. The molecule has 0 amide bonds. The van der Waals surface area contributed by atoms with Crippen molar-refractivity contribution in [1.29, 1.82) is 0 Å². The average molecular weight is 952 g/mol. The minimum atomic E-state index is -4.29. The summed E-state index contributed by atoms with van der Waals surface area (Å²) in [6, 6.07) is 0. The highest BCUT2D eigenvalue weighted by Gasteiger charge is 2.25. The molecule has 0 radical (unpaired) electrons. The van der Waals surface area contributed by atoms with Gasteiger partial charge in [0.05, 0.1) is 19.8 Å². The van der Waals surface area contributed by atoms with Crippen LogP contribution in [0.1, 0.15) is 284 Å². The quantitative estimate of drug-likeness (QED) is 0.0268. The van der Waals surface area contributed by atoms with Crippen LogP contribution in [-0.4, -0.2) is 49.9 Å². The molecule has 0 aliphatic heterocycles. The van der Waals surface area contributed by atoms with Gasteiger partial charge in [0.1, 0.15) is 6.10 Å². The Morgan fingerprint density at radius 3 is 1.20 bits per heavy atom. The lowest BCUT2D eigenvalue weighted by molar-refractivity contribution is -0.154. The van der Waals surface area contributed by atoms with Gasteiger partial charge in [0.15, 0.2) is 0 Å². The molecule has 0 fully saturated rings. The van der Waals surface area contributed by atoms with Crippen LogP contribution in [0.3, 0.4) is 0 Å². The largest absolute Gasteiger partial charge is 0.472 e. The third-order valence-electron chi connectivity index (χ3n) is 12.6. The SMILES string of the molecule is CCCCCCC/C=C\C/C=C\C/C=C\CCCCCCCCCCCOCC(COP(=O)(O)OCCN)OC(=O)CCCCCCCCCCCCCCCCCCCCCCCCC. The molecule has 0 aromatic rings. The van der Waals surface area contributed by atoms with Gasteiger partial charge in [-0.2, -0.15) is 0 Å². The van der Waals surface area contributed by atoms with Crippen molar-refractivity contribution in [2.75, 3.05) is 33.0 Å². The number of allylic oxidation sites excluding steroid dienone is 6. The summed E-state index contributed by atoms with van der Waals surface area (Å²) >= 11 is 0. The molecule has 2 unspecified atom stereocenters. The Kier molecular flexibility index (Phi) is 53.6. The second-order valence-corrected chi connectivity index (χ2v) is 20.6. The molecule has 0 saturated carbocycles. The van der Waals surface area contributed by atoms with Crippen LogP contribution in [0, 0.1) is 0 Å². The Morgan fingerprint density at radius 2 is 0.803 bits per heavy atom. The average Bonchev–Trinajstić information content (AvgIpc) is 3.31. The van der Waals surface area contributed by atoms with Crippen molar-refractivity contribution in [1.82, 2.24) is 0 Å². The fourth-order valence-electron chi connectivity index (χ4n) is 8.36. The number of nitrogens with two attached hydrogens (primary N) is 1. The van der Waals surface area contributed by atoms with Crippen molar-refractivity contribution >= 4 is 13.8 Å². The van der Waals surface area contributed by atoms with E-state index in [9.17, 15) is 14.3 Å². The Balaban J connectivity index is 3.88. The van der Waals surface area contributed by atoms with Crippen LogP contribution in [0.5, 0.6) is 0 Å². The molecule has 0 bridgehead atoms. The third kappa shape index (κ3) is 53.7. The summed E-state index contributed by atoms with van der Waals surface area (Å²) in [5.74, 6) is -0.326. The second kappa shape index (κ2) is 54.7. The van der Waals surface area contributed by atoms with E-state index in [1.165, 1.54) is 218 Å². The van der Waals surface area contributed by atoms with Crippen LogP contribution in [0.15, 0.2) is 36.5 Å². The van der Waals surface area contributed by atoms with E-state index in [4.69, 9.17) is 24.3 Å². The summed E-state index contributed by atoms with van der Waals surface area (Å²) in [4.78, 5) is 22.7. The van der Waals surface area contributed by atoms with Crippen molar-refractivity contribution in [2.24, 2.45) is 5.73 Å². The van der Waals surface area contributed by atoms with E-state index in [2.05, 4.69) is 50.3 Å². The number of carbonyl (C=O) groups excluding carboxylic acids is 1. The van der Waals surface area contributed by atoms with Crippen LogP contribution in [0.4, 0.5) is 0 Å². The smallest absolute Gasteiger partial charge is 0.457 e. The second-order valence-electron chi connectivity index (χ2n) is 19.2. The van der Waals surface area contributed by atoms with E-state index in [0.29, 0.717) is 13.0 Å². The van der Waals surface area contributed by atoms with Gasteiger partial charge in [-0.15, -0.1) is 0 Å². The molecule has 0 rings (SSSR count). The molecule has 390 valence electrons. The number of hydrogen-bond donors (Lipinski definition) is 2. The minimum Gasteiger partial charge on any atom is -0.457 e. The molecular weight excluding hydrogens is 842 g/mol. The first kappa shape index (κ1) is 64.7. The Bertz CT molecular complexity index is 1110. The first-order valence-corrected chi connectivity index (χ1v) is 30.0. The molecule has 8 nitrogen and oxygen atoms in total. The zero-order chi connectivity index (χ0) is 48.0. The van der Waals surface area contributed by atoms with E-state index in [1.54, 1.807) is 0 Å². The maximum Gasteiger partial charge on any atom is 0.472 e. The predicted molar refractivity (Wildman–Crippen MR) is 284 cm³/mol. The van der Waals surface area contributed by atoms with Gasteiger partial charge in [-0.3, -0.25) is 13.8 Å². The number of esters is 1. The molecule has 66 heavy (non-hydrogen) atoms. The highest BCUT2D eigenvalue weighted by Crippen LogP contribution is 2.43. The summed E-state index contributed by atoms with van der Waals surface area (Å²) in [6.45, 7) is 4.96. The van der Waals surface area contributed by atoms with Gasteiger partial charge in [0.25, 0.3) is 0 Å². The molecule has 2 atom stereocenters. The molecule has 0 saturated heterocycles. The summed E-state index contributed by atoms with van der Waals surface area (Å²) in [5.41, 5.74) is 5.40. The number of unbranched alkanes of at least 4 members (excludes halogenated alkanes) is 36. The molecule has 0 aromatic heterocycles. The van der Waals surface area contributed by atoms with Crippen molar-refractivity contribution in [3.8, 4) is 0 Å². The molecule has 0 spiro atoms. The van der Waals surface area contributed by atoms with Gasteiger partial charge in [-0.1, -0.05) is 262 Å². The lowest BCUT2D eigenvalue weighted by Crippen LogP contribution is -2.28. The van der Waals surface area contributed by atoms with Crippen LogP contribution < -0.4 is 5.73 Å². The highest BCUT2D eigenvalue weighted by atomic mass is 31.2. The van der Waals surface area contributed by atoms with Crippen LogP contribution in [0.2, 0.25) is 0 Å². The van der Waals surface area contributed by atoms with Gasteiger partial charge in [-0.25, -0.2) is 4.57 Å². The van der Waals surface area contributed by atoms with Crippen molar-refractivity contribution in [2.45, 2.75) is 290 Å². The summed E-state index contributed by atoms with van der Waals surface area (Å²) < 4.78 is 33.7. The molecule has 9 heteroatoms. The third-order valence-corrected chi connectivity index (χ3v) is 13.5. The number of phosphoric ester groups is 1. The molecule has 0 aliphatic rings. The number of rotatable bonds is 55. The minimum absolute atomic E-state index is 0.0951. The van der Waals surface area contributed by atoms with E-state index < -0.39 is 13.9 Å². The van der Waals surface area contributed by atoms with E-state index in [0.717, 1.165) is 44.9 Å². The zero-order valence-corrected chi connectivity index (χ0v) is 44.6. The zero-order valence-electron chi connectivity index (χ0n) is 43.7. The Labute approximate surface area is 409 Å². The molecule has 3 N–H and O–H groups in total. The van der Waals surface area contributed by atoms with Crippen molar-refractivity contribution in [3.63, 3.8) is 0 Å².